The molecule has 7 nitrogen and oxygen atoms in total. The molecule has 0 radical (unpaired) electrons. The van der Waals surface area contributed by atoms with Crippen LogP contribution in [0.25, 0.3) is 0 Å². The summed E-state index contributed by atoms with van der Waals surface area (Å²) in [5.41, 5.74) is 0.209. The maximum absolute atomic E-state index is 12.0. The van der Waals surface area contributed by atoms with Crippen LogP contribution in [-0.2, 0) is 9.53 Å². The molecule has 25 heavy (non-hydrogen) atoms. The fourth-order valence-electron chi connectivity index (χ4n) is 1.83. The van der Waals surface area contributed by atoms with Gasteiger partial charge in [-0.3, -0.25) is 4.79 Å². The second-order valence-electron chi connectivity index (χ2n) is 5.14. The van der Waals surface area contributed by atoms with Crippen LogP contribution in [0.3, 0.4) is 0 Å². The quantitative estimate of drug-likeness (QED) is 0.396. The lowest BCUT2D eigenvalue weighted by Gasteiger charge is -2.17. The van der Waals surface area contributed by atoms with Crippen LogP contribution in [0, 0.1) is 5.21 Å². The number of carbonyl (C=O) groups is 2. The molecule has 0 atom stereocenters. The normalized spacial score (nSPS) is 10.2. The van der Waals surface area contributed by atoms with Gasteiger partial charge in [-0.15, -0.1) is 0 Å². The lowest BCUT2D eigenvalue weighted by Crippen LogP contribution is -2.34. The highest BCUT2D eigenvalue weighted by molar-refractivity contribution is 9.10. The van der Waals surface area contributed by atoms with Crippen molar-refractivity contribution < 1.29 is 23.8 Å². The molecule has 0 aliphatic rings. The monoisotopic (exact) mass is 408 g/mol. The third kappa shape index (κ3) is 6.07. The maximum Gasteiger partial charge on any atom is 0.339 e. The second kappa shape index (κ2) is 9.03. The molecule has 0 aliphatic heterocycles. The zero-order chi connectivity index (χ0) is 18.2. The molecule has 0 spiro atoms. The van der Waals surface area contributed by atoms with Crippen LogP contribution in [0.1, 0.15) is 10.4 Å². The third-order valence-electron chi connectivity index (χ3n) is 3.30. The average Bonchev–Trinajstić information content (AvgIpc) is 2.61. The van der Waals surface area contributed by atoms with Crippen molar-refractivity contribution >= 4 is 27.8 Å². The van der Waals surface area contributed by atoms with E-state index in [1.54, 1.807) is 7.05 Å². The highest BCUT2D eigenvalue weighted by Crippen LogP contribution is 2.15. The van der Waals surface area contributed by atoms with Crippen LogP contribution in [0.15, 0.2) is 53.3 Å². The summed E-state index contributed by atoms with van der Waals surface area (Å²) in [6, 6.07) is 10.0. The lowest BCUT2D eigenvalue weighted by molar-refractivity contribution is -0.605. The van der Waals surface area contributed by atoms with Gasteiger partial charge in [-0.1, -0.05) is 15.9 Å². The molecule has 132 valence electrons. The van der Waals surface area contributed by atoms with Gasteiger partial charge in [0.1, 0.15) is 12.4 Å². The zero-order valence-corrected chi connectivity index (χ0v) is 15.1. The molecule has 1 amide bonds. The first-order chi connectivity index (χ1) is 12.0. The van der Waals surface area contributed by atoms with Crippen LogP contribution >= 0.6 is 15.9 Å². The Labute approximate surface area is 153 Å². The van der Waals surface area contributed by atoms with Crippen LogP contribution in [0.2, 0.25) is 0 Å². The van der Waals surface area contributed by atoms with E-state index < -0.39 is 5.97 Å². The molecule has 1 heterocycles. The zero-order valence-electron chi connectivity index (χ0n) is 13.6. The van der Waals surface area contributed by atoms with Crippen molar-refractivity contribution in [3.63, 3.8) is 0 Å². The fourth-order valence-corrected chi connectivity index (χ4v) is 2.09. The van der Waals surface area contributed by atoms with Gasteiger partial charge in [-0.05, 0) is 24.3 Å². The van der Waals surface area contributed by atoms with Crippen molar-refractivity contribution in [3.8, 4) is 5.75 Å². The number of ether oxygens (including phenoxy) is 2. The predicted octanol–water partition coefficient (Wildman–Crippen LogP) is 1.78. The number of carbonyl (C=O) groups excluding carboxylic acids is 2. The number of benzene rings is 1. The first-order valence-electron chi connectivity index (χ1n) is 7.44. The van der Waals surface area contributed by atoms with Gasteiger partial charge in [0.2, 0.25) is 0 Å². The van der Waals surface area contributed by atoms with Crippen molar-refractivity contribution in [2.75, 3.05) is 26.8 Å². The number of likely N-dealkylation sites (N-methyl/N-ethyl adjacent to an activating group) is 1. The number of amides is 1. The maximum atomic E-state index is 12.0. The highest BCUT2D eigenvalue weighted by Gasteiger charge is 2.14. The van der Waals surface area contributed by atoms with Crippen molar-refractivity contribution in [2.45, 2.75) is 0 Å². The molecule has 0 saturated heterocycles. The largest absolute Gasteiger partial charge is 0.619 e. The number of pyridine rings is 1. The summed E-state index contributed by atoms with van der Waals surface area (Å²) in [5, 5.41) is 10.9. The van der Waals surface area contributed by atoms with Crippen molar-refractivity contribution in [1.82, 2.24) is 4.90 Å². The Hall–Kier alpha value is -2.61. The molecule has 0 unspecified atom stereocenters. The van der Waals surface area contributed by atoms with E-state index in [1.165, 1.54) is 29.4 Å². The van der Waals surface area contributed by atoms with Gasteiger partial charge in [0.25, 0.3) is 5.91 Å². The molecule has 0 bridgehead atoms. The van der Waals surface area contributed by atoms with Gasteiger partial charge in [0.15, 0.2) is 19.0 Å². The van der Waals surface area contributed by atoms with Crippen molar-refractivity contribution in [3.05, 3.63) is 64.0 Å². The van der Waals surface area contributed by atoms with Crippen LogP contribution in [-0.4, -0.2) is 43.6 Å². The Bertz CT molecular complexity index is 719. The topological polar surface area (TPSA) is 82.8 Å². The van der Waals surface area contributed by atoms with E-state index in [4.69, 9.17) is 9.47 Å². The minimum Gasteiger partial charge on any atom is -0.619 e. The van der Waals surface area contributed by atoms with E-state index in [0.29, 0.717) is 23.6 Å². The SMILES string of the molecule is CN(CCOc1ccc(Br)cc1)C(=O)COC(=O)c1cc[n+]([O-])cc1. The summed E-state index contributed by atoms with van der Waals surface area (Å²) in [6.07, 6.45) is 2.37. The molecule has 0 saturated carbocycles. The second-order valence-corrected chi connectivity index (χ2v) is 6.06. The van der Waals surface area contributed by atoms with E-state index in [9.17, 15) is 14.8 Å². The Morgan fingerprint density at radius 3 is 2.44 bits per heavy atom. The van der Waals surface area contributed by atoms with Crippen molar-refractivity contribution in [2.24, 2.45) is 0 Å². The molecule has 1 aromatic heterocycles. The summed E-state index contributed by atoms with van der Waals surface area (Å²) in [7, 11) is 1.60. The minimum absolute atomic E-state index is 0.209. The van der Waals surface area contributed by atoms with E-state index in [2.05, 4.69) is 15.9 Å². The van der Waals surface area contributed by atoms with Gasteiger partial charge >= 0.3 is 5.97 Å². The smallest absolute Gasteiger partial charge is 0.339 e. The number of hydrogen-bond donors (Lipinski definition) is 0. The first-order valence-corrected chi connectivity index (χ1v) is 8.23. The number of esters is 1. The van der Waals surface area contributed by atoms with Gasteiger partial charge in [0, 0.05) is 23.7 Å². The van der Waals surface area contributed by atoms with Gasteiger partial charge in [-0.25, -0.2) is 4.79 Å². The molecule has 2 aromatic rings. The first kappa shape index (κ1) is 18.7. The summed E-state index contributed by atoms with van der Waals surface area (Å²) in [5.74, 6) is -0.300. The molecule has 2 rings (SSSR count). The molecule has 1 aromatic carbocycles. The highest BCUT2D eigenvalue weighted by atomic mass is 79.9. The van der Waals surface area contributed by atoms with Crippen molar-refractivity contribution in [1.29, 1.82) is 0 Å². The number of rotatable bonds is 7. The Morgan fingerprint density at radius 2 is 1.80 bits per heavy atom. The van der Waals surface area contributed by atoms with E-state index in [-0.39, 0.29) is 18.1 Å². The van der Waals surface area contributed by atoms with Gasteiger partial charge < -0.3 is 19.6 Å². The van der Waals surface area contributed by atoms with Gasteiger partial charge in [0.05, 0.1) is 12.1 Å². The van der Waals surface area contributed by atoms with E-state index >= 15 is 0 Å². The number of halogens is 1. The molecule has 0 fully saturated rings. The Balaban J connectivity index is 1.71. The summed E-state index contributed by atoms with van der Waals surface area (Å²) in [6.45, 7) is 0.299. The molecule has 0 aliphatic carbocycles. The molecule has 8 heteroatoms. The number of nitrogens with zero attached hydrogens (tertiary/aromatic N) is 2. The number of hydrogen-bond acceptors (Lipinski definition) is 5. The molecule has 0 N–H and O–H groups in total. The average molecular weight is 409 g/mol. The molecular formula is C17H17BrN2O5. The minimum atomic E-state index is -0.659. The Morgan fingerprint density at radius 1 is 1.16 bits per heavy atom. The molecular weight excluding hydrogens is 392 g/mol. The standard InChI is InChI=1S/C17H17BrN2O5/c1-19(10-11-24-15-4-2-14(18)3-5-15)16(21)12-25-17(22)13-6-8-20(23)9-7-13/h2-9H,10-12H2,1H3. The van der Waals surface area contributed by atoms with Crippen LogP contribution in [0.5, 0.6) is 5.75 Å². The summed E-state index contributed by atoms with van der Waals surface area (Å²) in [4.78, 5) is 25.1. The number of aromatic nitrogens is 1. The summed E-state index contributed by atoms with van der Waals surface area (Å²) < 4.78 is 12.0. The van der Waals surface area contributed by atoms with E-state index in [1.807, 2.05) is 24.3 Å². The van der Waals surface area contributed by atoms with Crippen LogP contribution < -0.4 is 9.47 Å². The van der Waals surface area contributed by atoms with Crippen LogP contribution in [0.4, 0.5) is 0 Å². The Kier molecular flexibility index (Phi) is 6.76. The predicted molar refractivity (Wildman–Crippen MR) is 93.0 cm³/mol. The van der Waals surface area contributed by atoms with Gasteiger partial charge in [-0.2, -0.15) is 4.73 Å². The third-order valence-corrected chi connectivity index (χ3v) is 3.83. The fraction of sp³-hybridized carbons (Fsp3) is 0.235. The lowest BCUT2D eigenvalue weighted by atomic mass is 10.3. The summed E-state index contributed by atoms with van der Waals surface area (Å²) >= 11 is 3.34. The van der Waals surface area contributed by atoms with E-state index in [0.717, 1.165) is 4.47 Å².